The fourth-order valence-electron chi connectivity index (χ4n) is 2.64. The number of aliphatic imine (C=N–C) groups is 1. The lowest BCUT2D eigenvalue weighted by molar-refractivity contribution is -0.121. The van der Waals surface area contributed by atoms with E-state index in [9.17, 15) is 4.79 Å². The summed E-state index contributed by atoms with van der Waals surface area (Å²) < 4.78 is 16.1. The number of rotatable bonds is 5. The van der Waals surface area contributed by atoms with Crippen LogP contribution in [0.2, 0.25) is 5.02 Å². The Balaban J connectivity index is 1.96. The molecule has 1 aliphatic rings. The number of nitrogens with zero attached hydrogens (tertiary/aromatic N) is 2. The van der Waals surface area contributed by atoms with Crippen molar-refractivity contribution in [2.45, 2.75) is 0 Å². The highest BCUT2D eigenvalue weighted by atomic mass is 35.5. The van der Waals surface area contributed by atoms with E-state index in [0.717, 1.165) is 5.56 Å². The van der Waals surface area contributed by atoms with E-state index in [0.29, 0.717) is 38.0 Å². The molecule has 0 aliphatic carbocycles. The number of hydrogen-bond donors (Lipinski definition) is 0. The molecule has 0 N–H and O–H groups in total. The van der Waals surface area contributed by atoms with Gasteiger partial charge in [-0.25, -0.2) is 4.99 Å². The van der Waals surface area contributed by atoms with Gasteiger partial charge in [-0.3, -0.25) is 9.69 Å². The van der Waals surface area contributed by atoms with Crippen molar-refractivity contribution in [2.75, 3.05) is 28.4 Å². The predicted octanol–water partition coefficient (Wildman–Crippen LogP) is 4.60. The molecule has 1 aliphatic heterocycles. The summed E-state index contributed by atoms with van der Waals surface area (Å²) in [6, 6.07) is 10.7. The number of methoxy groups -OCH3 is 3. The standard InChI is InChI=1S/C20H19ClN2O4S/c1-23-19(24)17(28-20(23)22-14-7-5-6-13(21)11-14)10-12-8-15(25-2)18(27-4)16(9-12)26-3/h5-11H,1-4H3/b17-10+,22-20?. The Labute approximate surface area is 172 Å². The van der Waals surface area contributed by atoms with Gasteiger partial charge in [0, 0.05) is 12.1 Å². The van der Waals surface area contributed by atoms with Crippen molar-refractivity contribution >= 4 is 46.2 Å². The molecule has 0 aromatic heterocycles. The van der Waals surface area contributed by atoms with Gasteiger partial charge in [-0.1, -0.05) is 17.7 Å². The lowest BCUT2D eigenvalue weighted by atomic mass is 10.1. The van der Waals surface area contributed by atoms with Crippen LogP contribution in [0.3, 0.4) is 0 Å². The highest BCUT2D eigenvalue weighted by Crippen LogP contribution is 2.40. The molecule has 6 nitrogen and oxygen atoms in total. The first-order valence-corrected chi connectivity index (χ1v) is 9.48. The molecule has 3 rings (SSSR count). The van der Waals surface area contributed by atoms with Gasteiger partial charge in [-0.15, -0.1) is 0 Å². The maximum Gasteiger partial charge on any atom is 0.266 e. The van der Waals surface area contributed by atoms with Crippen LogP contribution < -0.4 is 14.2 Å². The SMILES string of the molecule is COc1cc(/C=C2/SC(=Nc3cccc(Cl)c3)N(C)C2=O)cc(OC)c1OC. The lowest BCUT2D eigenvalue weighted by Gasteiger charge is -2.13. The summed E-state index contributed by atoms with van der Waals surface area (Å²) in [6.07, 6.45) is 1.77. The zero-order valence-corrected chi connectivity index (χ0v) is 17.4. The van der Waals surface area contributed by atoms with Gasteiger partial charge in [-0.05, 0) is 53.7 Å². The number of amidine groups is 1. The van der Waals surface area contributed by atoms with Crippen LogP contribution in [0, 0.1) is 0 Å². The summed E-state index contributed by atoms with van der Waals surface area (Å²) in [6.45, 7) is 0. The Morgan fingerprint density at radius 2 is 1.75 bits per heavy atom. The second kappa shape index (κ2) is 8.58. The third-order valence-electron chi connectivity index (χ3n) is 4.02. The van der Waals surface area contributed by atoms with Gasteiger partial charge in [0.25, 0.3) is 5.91 Å². The minimum atomic E-state index is -0.139. The fourth-order valence-corrected chi connectivity index (χ4v) is 3.82. The molecular formula is C20H19ClN2O4S. The number of carbonyl (C=O) groups is 1. The second-order valence-electron chi connectivity index (χ2n) is 5.81. The van der Waals surface area contributed by atoms with Crippen LogP contribution in [-0.2, 0) is 4.79 Å². The average Bonchev–Trinajstić information content (AvgIpc) is 2.95. The van der Waals surface area contributed by atoms with Gasteiger partial charge in [0.2, 0.25) is 5.75 Å². The number of halogens is 1. The van der Waals surface area contributed by atoms with Crippen molar-refractivity contribution in [3.05, 3.63) is 51.9 Å². The summed E-state index contributed by atoms with van der Waals surface area (Å²) in [5.41, 5.74) is 1.44. The molecule has 0 atom stereocenters. The van der Waals surface area contributed by atoms with E-state index in [1.54, 1.807) is 58.7 Å². The van der Waals surface area contributed by atoms with Gasteiger partial charge in [0.15, 0.2) is 16.7 Å². The molecule has 2 aromatic rings. The number of carbonyl (C=O) groups excluding carboxylic acids is 1. The Bertz CT molecular complexity index is 949. The summed E-state index contributed by atoms with van der Waals surface area (Å²) in [5, 5.41) is 1.16. The van der Waals surface area contributed by atoms with Crippen molar-refractivity contribution in [1.29, 1.82) is 0 Å². The number of hydrogen-bond acceptors (Lipinski definition) is 6. The quantitative estimate of drug-likeness (QED) is 0.664. The third kappa shape index (κ3) is 4.10. The van der Waals surface area contributed by atoms with Crippen LogP contribution >= 0.6 is 23.4 Å². The predicted molar refractivity (Wildman–Crippen MR) is 113 cm³/mol. The molecule has 0 spiro atoms. The van der Waals surface area contributed by atoms with Gasteiger partial charge in [0.05, 0.1) is 31.9 Å². The first-order chi connectivity index (χ1) is 13.5. The van der Waals surface area contributed by atoms with E-state index in [-0.39, 0.29) is 5.91 Å². The van der Waals surface area contributed by atoms with Crippen molar-refractivity contribution in [3.8, 4) is 17.2 Å². The van der Waals surface area contributed by atoms with E-state index < -0.39 is 0 Å². The molecule has 0 radical (unpaired) electrons. The minimum absolute atomic E-state index is 0.139. The number of amides is 1. The second-order valence-corrected chi connectivity index (χ2v) is 7.25. The normalized spacial score (nSPS) is 16.8. The van der Waals surface area contributed by atoms with Crippen molar-refractivity contribution in [3.63, 3.8) is 0 Å². The molecule has 0 unspecified atom stereocenters. The lowest BCUT2D eigenvalue weighted by Crippen LogP contribution is -2.23. The van der Waals surface area contributed by atoms with Crippen LogP contribution in [-0.4, -0.2) is 44.4 Å². The Morgan fingerprint density at radius 3 is 2.32 bits per heavy atom. The zero-order chi connectivity index (χ0) is 20.3. The first kappa shape index (κ1) is 20.1. The van der Waals surface area contributed by atoms with Crippen LogP contribution in [0.25, 0.3) is 6.08 Å². The molecule has 1 amide bonds. The number of benzene rings is 2. The third-order valence-corrected chi connectivity index (χ3v) is 5.32. The topological polar surface area (TPSA) is 60.4 Å². The summed E-state index contributed by atoms with van der Waals surface area (Å²) in [5.74, 6) is 1.40. The molecule has 28 heavy (non-hydrogen) atoms. The fraction of sp³-hybridized carbons (Fsp3) is 0.200. The van der Waals surface area contributed by atoms with Crippen LogP contribution in [0.15, 0.2) is 46.3 Å². The van der Waals surface area contributed by atoms with Crippen LogP contribution in [0.4, 0.5) is 5.69 Å². The summed E-state index contributed by atoms with van der Waals surface area (Å²) >= 11 is 7.30. The average molecular weight is 419 g/mol. The molecule has 1 heterocycles. The van der Waals surface area contributed by atoms with Gasteiger partial charge in [-0.2, -0.15) is 0 Å². The largest absolute Gasteiger partial charge is 0.493 e. The molecule has 146 valence electrons. The highest BCUT2D eigenvalue weighted by molar-refractivity contribution is 8.18. The van der Waals surface area contributed by atoms with E-state index in [1.807, 2.05) is 12.1 Å². The van der Waals surface area contributed by atoms with E-state index in [4.69, 9.17) is 25.8 Å². The number of ether oxygens (including phenoxy) is 3. The Morgan fingerprint density at radius 1 is 1.07 bits per heavy atom. The van der Waals surface area contributed by atoms with E-state index >= 15 is 0 Å². The van der Waals surface area contributed by atoms with E-state index in [2.05, 4.69) is 4.99 Å². The molecule has 0 saturated carbocycles. The Hall–Kier alpha value is -2.64. The van der Waals surface area contributed by atoms with E-state index in [1.165, 1.54) is 16.7 Å². The van der Waals surface area contributed by atoms with Crippen LogP contribution in [0.5, 0.6) is 17.2 Å². The molecule has 8 heteroatoms. The van der Waals surface area contributed by atoms with Crippen molar-refractivity contribution in [1.82, 2.24) is 4.90 Å². The zero-order valence-electron chi connectivity index (χ0n) is 15.9. The summed E-state index contributed by atoms with van der Waals surface area (Å²) in [7, 11) is 6.33. The maximum atomic E-state index is 12.7. The first-order valence-electron chi connectivity index (χ1n) is 8.28. The molecule has 1 saturated heterocycles. The molecule has 1 fully saturated rings. The van der Waals surface area contributed by atoms with Gasteiger partial charge in [0.1, 0.15) is 0 Å². The molecule has 2 aromatic carbocycles. The van der Waals surface area contributed by atoms with Gasteiger partial charge < -0.3 is 14.2 Å². The monoisotopic (exact) mass is 418 g/mol. The van der Waals surface area contributed by atoms with Crippen molar-refractivity contribution in [2.24, 2.45) is 4.99 Å². The minimum Gasteiger partial charge on any atom is -0.493 e. The maximum absolute atomic E-state index is 12.7. The number of thioether (sulfide) groups is 1. The number of likely N-dealkylation sites (N-methyl/N-ethyl adjacent to an activating group) is 1. The Kier molecular flexibility index (Phi) is 6.16. The van der Waals surface area contributed by atoms with Gasteiger partial charge >= 0.3 is 0 Å². The molecule has 0 bridgehead atoms. The highest BCUT2D eigenvalue weighted by Gasteiger charge is 2.30. The van der Waals surface area contributed by atoms with Crippen molar-refractivity contribution < 1.29 is 19.0 Å². The molecular weight excluding hydrogens is 400 g/mol. The van der Waals surface area contributed by atoms with Crippen LogP contribution in [0.1, 0.15) is 5.56 Å². The smallest absolute Gasteiger partial charge is 0.266 e. The summed E-state index contributed by atoms with van der Waals surface area (Å²) in [4.78, 5) is 19.2.